The fraction of sp³-hybridized carbons (Fsp3) is 0.524. The highest BCUT2D eigenvalue weighted by Crippen LogP contribution is 2.34. The number of thiophene rings is 1. The first-order valence-electron chi connectivity index (χ1n) is 10.7. The summed E-state index contributed by atoms with van der Waals surface area (Å²) in [5.74, 6) is 2.17. The summed E-state index contributed by atoms with van der Waals surface area (Å²) in [6.07, 6.45) is 5.05. The van der Waals surface area contributed by atoms with Crippen LogP contribution in [0.2, 0.25) is 0 Å². The van der Waals surface area contributed by atoms with E-state index in [9.17, 15) is 5.11 Å². The number of likely N-dealkylation sites (tertiary alicyclic amines) is 1. The van der Waals surface area contributed by atoms with E-state index >= 15 is 0 Å². The number of fused-ring (bicyclic) bond motifs is 1. The number of anilines is 2. The summed E-state index contributed by atoms with van der Waals surface area (Å²) < 4.78 is 5.55. The second-order valence-electron chi connectivity index (χ2n) is 7.95. The summed E-state index contributed by atoms with van der Waals surface area (Å²) in [6, 6.07) is 2.24. The van der Waals surface area contributed by atoms with Crippen LogP contribution in [0.25, 0.3) is 21.6 Å². The molecule has 164 valence electrons. The summed E-state index contributed by atoms with van der Waals surface area (Å²) in [5, 5.41) is 13.8. The summed E-state index contributed by atoms with van der Waals surface area (Å²) in [4.78, 5) is 25.4. The van der Waals surface area contributed by atoms with Crippen LogP contribution >= 0.6 is 11.3 Å². The number of hydrogen-bond acceptors (Lipinski definition) is 10. The van der Waals surface area contributed by atoms with Gasteiger partial charge in [0.1, 0.15) is 10.6 Å². The van der Waals surface area contributed by atoms with Crippen LogP contribution in [0.3, 0.4) is 0 Å². The quantitative estimate of drug-likeness (QED) is 0.616. The predicted octanol–water partition coefficient (Wildman–Crippen LogP) is 1.98. The molecule has 0 aliphatic carbocycles. The van der Waals surface area contributed by atoms with Gasteiger partial charge in [0.2, 0.25) is 5.95 Å². The maximum atomic E-state index is 9.79. The Morgan fingerprint density at radius 3 is 2.58 bits per heavy atom. The van der Waals surface area contributed by atoms with Gasteiger partial charge in [-0.1, -0.05) is 0 Å². The van der Waals surface area contributed by atoms with Crippen molar-refractivity contribution in [2.24, 2.45) is 0 Å². The summed E-state index contributed by atoms with van der Waals surface area (Å²) in [5.41, 5.74) is 0.801. The minimum absolute atomic E-state index is 0.156. The highest BCUT2D eigenvalue weighted by Gasteiger charge is 2.22. The number of nitrogens with one attached hydrogen (secondary N) is 1. The Morgan fingerprint density at radius 2 is 1.87 bits per heavy atom. The first kappa shape index (κ1) is 20.5. The molecule has 0 saturated carbocycles. The zero-order chi connectivity index (χ0) is 21.2. The topological polar surface area (TPSA) is 99.5 Å². The first-order chi connectivity index (χ1) is 15.2. The number of aromatic nitrogens is 4. The third kappa shape index (κ3) is 4.47. The lowest BCUT2D eigenvalue weighted by Crippen LogP contribution is -2.37. The van der Waals surface area contributed by atoms with Gasteiger partial charge in [-0.05, 0) is 18.9 Å². The highest BCUT2D eigenvalue weighted by molar-refractivity contribution is 7.18. The van der Waals surface area contributed by atoms with Crippen LogP contribution in [0.4, 0.5) is 11.8 Å². The summed E-state index contributed by atoms with van der Waals surface area (Å²) in [6.45, 7) is 5.77. The lowest BCUT2D eigenvalue weighted by molar-refractivity contribution is 0.0797. The van der Waals surface area contributed by atoms with E-state index in [0.717, 1.165) is 67.2 Å². The molecule has 0 radical (unpaired) electrons. The number of nitrogens with zero attached hydrogens (tertiary/aromatic N) is 6. The van der Waals surface area contributed by atoms with Crippen molar-refractivity contribution in [1.29, 1.82) is 0 Å². The molecule has 0 spiro atoms. The molecule has 2 saturated heterocycles. The van der Waals surface area contributed by atoms with E-state index in [1.54, 1.807) is 30.8 Å². The van der Waals surface area contributed by atoms with Crippen molar-refractivity contribution in [3.05, 3.63) is 23.3 Å². The molecule has 3 aromatic heterocycles. The van der Waals surface area contributed by atoms with Crippen molar-refractivity contribution < 1.29 is 9.84 Å². The summed E-state index contributed by atoms with van der Waals surface area (Å²) in [7, 11) is 1.80. The second-order valence-corrected chi connectivity index (χ2v) is 9.07. The minimum atomic E-state index is -0.156. The monoisotopic (exact) mass is 441 g/mol. The molecular weight excluding hydrogens is 414 g/mol. The van der Waals surface area contributed by atoms with E-state index in [1.807, 2.05) is 0 Å². The number of aliphatic hydroxyl groups is 1. The van der Waals surface area contributed by atoms with Crippen LogP contribution in [0.1, 0.15) is 17.7 Å². The van der Waals surface area contributed by atoms with E-state index in [1.165, 1.54) is 4.88 Å². The Labute approximate surface area is 185 Å². The van der Waals surface area contributed by atoms with Crippen molar-refractivity contribution in [2.45, 2.75) is 25.5 Å². The van der Waals surface area contributed by atoms with Crippen LogP contribution in [-0.2, 0) is 11.3 Å². The van der Waals surface area contributed by atoms with Gasteiger partial charge in [-0.3, -0.25) is 4.90 Å². The van der Waals surface area contributed by atoms with Gasteiger partial charge in [-0.2, -0.15) is 0 Å². The number of aliphatic hydroxyl groups excluding tert-OH is 1. The van der Waals surface area contributed by atoms with Gasteiger partial charge in [0.15, 0.2) is 5.82 Å². The fourth-order valence-electron chi connectivity index (χ4n) is 4.05. The van der Waals surface area contributed by atoms with Gasteiger partial charge in [0.25, 0.3) is 0 Å². The predicted molar refractivity (Wildman–Crippen MR) is 122 cm³/mol. The molecule has 2 N–H and O–H groups in total. The van der Waals surface area contributed by atoms with Crippen LogP contribution in [0, 0.1) is 0 Å². The molecule has 2 fully saturated rings. The lowest BCUT2D eigenvalue weighted by Gasteiger charge is -2.29. The van der Waals surface area contributed by atoms with Gasteiger partial charge in [0, 0.05) is 57.0 Å². The molecule has 0 aromatic carbocycles. The molecule has 5 rings (SSSR count). The van der Waals surface area contributed by atoms with Gasteiger partial charge in [-0.25, -0.2) is 19.9 Å². The summed E-state index contributed by atoms with van der Waals surface area (Å²) >= 11 is 1.72. The molecule has 2 aliphatic heterocycles. The Balaban J connectivity index is 1.50. The average Bonchev–Trinajstić information content (AvgIpc) is 3.23. The number of hydrogen-bond donors (Lipinski definition) is 2. The molecule has 10 heteroatoms. The molecule has 31 heavy (non-hydrogen) atoms. The van der Waals surface area contributed by atoms with Gasteiger partial charge in [-0.15, -0.1) is 11.3 Å². The molecule has 0 amide bonds. The number of ether oxygens (including phenoxy) is 1. The standard InChI is InChI=1S/C21H27N7O2S/c1-22-21-23-11-14(12-24-21)18-25-19(28-6-8-30-9-7-28)17-10-16(31-20(17)26-18)13-27-4-2-15(29)3-5-27/h10-12,15,29H,2-9,13H2,1H3,(H,22,23,24). The van der Waals surface area contributed by atoms with E-state index in [0.29, 0.717) is 25.0 Å². The SMILES string of the molecule is CNc1ncc(-c2nc(N3CCOCC3)c3cc(CN4CCC(O)CC4)sc3n2)cn1. The van der Waals surface area contributed by atoms with E-state index in [4.69, 9.17) is 14.7 Å². The number of piperidine rings is 1. The van der Waals surface area contributed by atoms with E-state index in [2.05, 4.69) is 31.2 Å². The van der Waals surface area contributed by atoms with E-state index in [-0.39, 0.29) is 6.10 Å². The zero-order valence-electron chi connectivity index (χ0n) is 17.6. The van der Waals surface area contributed by atoms with Crippen LogP contribution in [0.5, 0.6) is 0 Å². The maximum absolute atomic E-state index is 9.79. The van der Waals surface area contributed by atoms with Crippen LogP contribution in [-0.4, -0.2) is 82.5 Å². The third-order valence-corrected chi connectivity index (χ3v) is 6.82. The zero-order valence-corrected chi connectivity index (χ0v) is 18.4. The van der Waals surface area contributed by atoms with Gasteiger partial charge >= 0.3 is 0 Å². The maximum Gasteiger partial charge on any atom is 0.222 e. The first-order valence-corrected chi connectivity index (χ1v) is 11.5. The molecule has 9 nitrogen and oxygen atoms in total. The van der Waals surface area contributed by atoms with Crippen LogP contribution < -0.4 is 10.2 Å². The van der Waals surface area contributed by atoms with E-state index < -0.39 is 0 Å². The highest BCUT2D eigenvalue weighted by atomic mass is 32.1. The number of morpholine rings is 1. The molecule has 5 heterocycles. The Hall–Kier alpha value is -2.40. The Morgan fingerprint density at radius 1 is 1.13 bits per heavy atom. The van der Waals surface area contributed by atoms with Crippen molar-refractivity contribution in [3.63, 3.8) is 0 Å². The molecule has 3 aromatic rings. The largest absolute Gasteiger partial charge is 0.393 e. The van der Waals surface area contributed by atoms with Crippen molar-refractivity contribution in [3.8, 4) is 11.4 Å². The minimum Gasteiger partial charge on any atom is -0.393 e. The van der Waals surface area contributed by atoms with Crippen molar-refractivity contribution >= 4 is 33.3 Å². The smallest absolute Gasteiger partial charge is 0.222 e. The number of rotatable bonds is 5. The normalized spacial score (nSPS) is 18.6. The van der Waals surface area contributed by atoms with Crippen LogP contribution in [0.15, 0.2) is 18.5 Å². The lowest BCUT2D eigenvalue weighted by atomic mass is 10.1. The molecule has 0 bridgehead atoms. The molecular formula is C21H27N7O2S. The van der Waals surface area contributed by atoms with Gasteiger partial charge in [0.05, 0.1) is 30.3 Å². The molecule has 0 unspecified atom stereocenters. The van der Waals surface area contributed by atoms with Gasteiger partial charge < -0.3 is 20.1 Å². The van der Waals surface area contributed by atoms with Crippen molar-refractivity contribution in [2.75, 3.05) is 56.7 Å². The molecule has 2 aliphatic rings. The average molecular weight is 442 g/mol. The molecule has 0 atom stereocenters. The Kier molecular flexibility index (Phi) is 5.95. The second kappa shape index (κ2) is 8.99. The third-order valence-electron chi connectivity index (χ3n) is 5.80. The fourth-order valence-corrected chi connectivity index (χ4v) is 5.11. The Bertz CT molecular complexity index is 1030. The van der Waals surface area contributed by atoms with Crippen molar-refractivity contribution in [1.82, 2.24) is 24.8 Å².